The summed E-state index contributed by atoms with van der Waals surface area (Å²) in [4.78, 5) is 14.9. The molecule has 1 aromatic carbocycles. The third-order valence-electron chi connectivity index (χ3n) is 2.33. The number of pyridine rings is 1. The van der Waals surface area contributed by atoms with Gasteiger partial charge in [-0.05, 0) is 24.3 Å². The van der Waals surface area contributed by atoms with Crippen LogP contribution in [-0.2, 0) is 0 Å². The topological polar surface area (TPSA) is 59.4 Å². The van der Waals surface area contributed by atoms with E-state index in [0.29, 0.717) is 11.4 Å². The molecule has 0 amide bonds. The van der Waals surface area contributed by atoms with Crippen LogP contribution in [0.5, 0.6) is 5.75 Å². The van der Waals surface area contributed by atoms with Crippen LogP contribution >= 0.6 is 0 Å². The maximum absolute atomic E-state index is 10.8. The summed E-state index contributed by atoms with van der Waals surface area (Å²) in [6.45, 7) is 0. The molecule has 0 fully saturated rings. The molecular weight excluding hydrogens is 218 g/mol. The van der Waals surface area contributed by atoms with Crippen molar-refractivity contribution in [3.8, 4) is 17.0 Å². The molecule has 1 heterocycles. The molecule has 1 N–H and O–H groups in total. The van der Waals surface area contributed by atoms with E-state index in [4.69, 9.17) is 9.84 Å². The standard InChI is InChI=1S/C13H11NO3/c1-17-10-5-2-4-9(8-10)11-6-3-7-12(14-11)13(15)16/h2-8H,1H3,(H,15,16). The van der Waals surface area contributed by atoms with E-state index < -0.39 is 5.97 Å². The summed E-state index contributed by atoms with van der Waals surface area (Å²) < 4.78 is 5.11. The first-order valence-corrected chi connectivity index (χ1v) is 5.05. The van der Waals surface area contributed by atoms with Gasteiger partial charge < -0.3 is 9.84 Å². The van der Waals surface area contributed by atoms with Gasteiger partial charge in [0, 0.05) is 5.56 Å². The highest BCUT2D eigenvalue weighted by Gasteiger charge is 2.06. The first kappa shape index (κ1) is 11.1. The van der Waals surface area contributed by atoms with Crippen LogP contribution in [0, 0.1) is 0 Å². The van der Waals surface area contributed by atoms with Crippen molar-refractivity contribution in [2.75, 3.05) is 7.11 Å². The Labute approximate surface area is 98.5 Å². The quantitative estimate of drug-likeness (QED) is 0.878. The third-order valence-corrected chi connectivity index (χ3v) is 2.33. The first-order chi connectivity index (χ1) is 8.20. The minimum absolute atomic E-state index is 0.0327. The van der Waals surface area contributed by atoms with Crippen LogP contribution in [0.4, 0.5) is 0 Å². The second kappa shape index (κ2) is 4.65. The van der Waals surface area contributed by atoms with E-state index in [2.05, 4.69) is 4.98 Å². The largest absolute Gasteiger partial charge is 0.497 e. The number of methoxy groups -OCH3 is 1. The van der Waals surface area contributed by atoms with Crippen LogP contribution in [0.3, 0.4) is 0 Å². The van der Waals surface area contributed by atoms with Crippen molar-refractivity contribution in [3.05, 3.63) is 48.2 Å². The molecule has 2 aromatic rings. The number of hydrogen-bond donors (Lipinski definition) is 1. The van der Waals surface area contributed by atoms with Gasteiger partial charge in [-0.1, -0.05) is 18.2 Å². The molecule has 4 nitrogen and oxygen atoms in total. The summed E-state index contributed by atoms with van der Waals surface area (Å²) in [5, 5.41) is 8.87. The molecule has 0 radical (unpaired) electrons. The van der Waals surface area contributed by atoms with Crippen molar-refractivity contribution >= 4 is 5.97 Å². The highest BCUT2D eigenvalue weighted by atomic mass is 16.5. The predicted octanol–water partition coefficient (Wildman–Crippen LogP) is 2.46. The van der Waals surface area contributed by atoms with Crippen molar-refractivity contribution in [1.29, 1.82) is 0 Å². The number of carboxylic acids is 1. The smallest absolute Gasteiger partial charge is 0.354 e. The molecule has 0 unspecified atom stereocenters. The molecule has 0 saturated heterocycles. The van der Waals surface area contributed by atoms with Crippen LogP contribution in [0.25, 0.3) is 11.3 Å². The molecule has 0 bridgehead atoms. The highest BCUT2D eigenvalue weighted by molar-refractivity contribution is 5.86. The molecule has 17 heavy (non-hydrogen) atoms. The van der Waals surface area contributed by atoms with E-state index in [1.54, 1.807) is 19.2 Å². The van der Waals surface area contributed by atoms with Crippen molar-refractivity contribution in [1.82, 2.24) is 4.98 Å². The van der Waals surface area contributed by atoms with Gasteiger partial charge in [0.05, 0.1) is 12.8 Å². The third kappa shape index (κ3) is 2.42. The van der Waals surface area contributed by atoms with E-state index in [0.717, 1.165) is 5.56 Å². The number of benzene rings is 1. The summed E-state index contributed by atoms with van der Waals surface area (Å²) in [7, 11) is 1.58. The zero-order chi connectivity index (χ0) is 12.3. The van der Waals surface area contributed by atoms with E-state index in [-0.39, 0.29) is 5.69 Å². The lowest BCUT2D eigenvalue weighted by molar-refractivity contribution is 0.0690. The fourth-order valence-electron chi connectivity index (χ4n) is 1.50. The zero-order valence-corrected chi connectivity index (χ0v) is 9.25. The summed E-state index contributed by atoms with van der Waals surface area (Å²) in [6.07, 6.45) is 0. The molecule has 86 valence electrons. The van der Waals surface area contributed by atoms with Crippen molar-refractivity contribution in [2.45, 2.75) is 0 Å². The molecule has 0 aliphatic heterocycles. The summed E-state index contributed by atoms with van der Waals surface area (Å²) in [5.41, 5.74) is 1.47. The average Bonchev–Trinajstić information content (AvgIpc) is 2.39. The van der Waals surface area contributed by atoms with Crippen LogP contribution in [-0.4, -0.2) is 23.2 Å². The monoisotopic (exact) mass is 229 g/mol. The Kier molecular flexibility index (Phi) is 3.05. The molecule has 0 spiro atoms. The SMILES string of the molecule is COc1cccc(-c2cccc(C(=O)O)n2)c1. The fourth-order valence-corrected chi connectivity index (χ4v) is 1.50. The number of carboxylic acid groups (broad SMARTS) is 1. The van der Waals surface area contributed by atoms with Gasteiger partial charge in [0.2, 0.25) is 0 Å². The zero-order valence-electron chi connectivity index (χ0n) is 9.25. The number of hydrogen-bond acceptors (Lipinski definition) is 3. The van der Waals surface area contributed by atoms with Gasteiger partial charge in [-0.15, -0.1) is 0 Å². The Balaban J connectivity index is 2.45. The summed E-state index contributed by atoms with van der Waals surface area (Å²) in [5.74, 6) is -0.320. The van der Waals surface area contributed by atoms with Gasteiger partial charge in [0.15, 0.2) is 0 Å². The Morgan fingerprint density at radius 2 is 2.00 bits per heavy atom. The Morgan fingerprint density at radius 3 is 2.71 bits per heavy atom. The maximum Gasteiger partial charge on any atom is 0.354 e. The molecule has 0 saturated carbocycles. The normalized spacial score (nSPS) is 9.94. The van der Waals surface area contributed by atoms with E-state index in [1.807, 2.05) is 24.3 Å². The minimum Gasteiger partial charge on any atom is -0.497 e. The molecule has 4 heteroatoms. The fraction of sp³-hybridized carbons (Fsp3) is 0.0769. The van der Waals surface area contributed by atoms with Gasteiger partial charge in [-0.2, -0.15) is 0 Å². The van der Waals surface area contributed by atoms with Gasteiger partial charge in [0.1, 0.15) is 11.4 Å². The number of aromatic nitrogens is 1. The lowest BCUT2D eigenvalue weighted by Gasteiger charge is -2.04. The average molecular weight is 229 g/mol. The molecular formula is C13H11NO3. The van der Waals surface area contributed by atoms with Crippen LogP contribution in [0.15, 0.2) is 42.5 Å². The van der Waals surface area contributed by atoms with Gasteiger partial charge in [-0.25, -0.2) is 9.78 Å². The number of nitrogens with zero attached hydrogens (tertiary/aromatic N) is 1. The molecule has 0 aliphatic carbocycles. The van der Waals surface area contributed by atoms with Crippen molar-refractivity contribution in [2.24, 2.45) is 0 Å². The van der Waals surface area contributed by atoms with E-state index in [9.17, 15) is 4.79 Å². The van der Waals surface area contributed by atoms with Crippen molar-refractivity contribution in [3.63, 3.8) is 0 Å². The van der Waals surface area contributed by atoms with Gasteiger partial charge in [-0.3, -0.25) is 0 Å². The van der Waals surface area contributed by atoms with E-state index in [1.165, 1.54) is 6.07 Å². The highest BCUT2D eigenvalue weighted by Crippen LogP contribution is 2.22. The van der Waals surface area contributed by atoms with Gasteiger partial charge >= 0.3 is 5.97 Å². The molecule has 1 aromatic heterocycles. The minimum atomic E-state index is -1.03. The number of aromatic carboxylic acids is 1. The van der Waals surface area contributed by atoms with E-state index >= 15 is 0 Å². The molecule has 0 atom stereocenters. The van der Waals surface area contributed by atoms with Crippen LogP contribution < -0.4 is 4.74 Å². The lowest BCUT2D eigenvalue weighted by Crippen LogP contribution is -2.00. The van der Waals surface area contributed by atoms with Gasteiger partial charge in [0.25, 0.3) is 0 Å². The van der Waals surface area contributed by atoms with Crippen LogP contribution in [0.2, 0.25) is 0 Å². The predicted molar refractivity (Wildman–Crippen MR) is 63.2 cm³/mol. The van der Waals surface area contributed by atoms with Crippen LogP contribution in [0.1, 0.15) is 10.5 Å². The Bertz CT molecular complexity index is 552. The number of ether oxygens (including phenoxy) is 1. The first-order valence-electron chi connectivity index (χ1n) is 5.05. The second-order valence-corrected chi connectivity index (χ2v) is 3.45. The number of carbonyl (C=O) groups is 1. The Hall–Kier alpha value is -2.36. The maximum atomic E-state index is 10.8. The molecule has 0 aliphatic rings. The van der Waals surface area contributed by atoms with Crippen molar-refractivity contribution < 1.29 is 14.6 Å². The second-order valence-electron chi connectivity index (χ2n) is 3.45. The summed E-state index contributed by atoms with van der Waals surface area (Å²) >= 11 is 0. The summed E-state index contributed by atoms with van der Waals surface area (Å²) in [6, 6.07) is 12.2. The Morgan fingerprint density at radius 1 is 1.24 bits per heavy atom. The molecule has 2 rings (SSSR count). The lowest BCUT2D eigenvalue weighted by atomic mass is 10.1. The number of rotatable bonds is 3.